The van der Waals surface area contributed by atoms with Gasteiger partial charge in [0.25, 0.3) is 0 Å². The molecule has 0 radical (unpaired) electrons. The molecule has 0 saturated heterocycles. The van der Waals surface area contributed by atoms with Crippen molar-refractivity contribution in [3.8, 4) is 0 Å². The predicted molar refractivity (Wildman–Crippen MR) is 155 cm³/mol. The molecule has 198 valence electrons. The van der Waals surface area contributed by atoms with Crippen LogP contribution in [0.25, 0.3) is 0 Å². The summed E-state index contributed by atoms with van der Waals surface area (Å²) in [5.41, 5.74) is 0. The van der Waals surface area contributed by atoms with Crippen molar-refractivity contribution in [3.63, 3.8) is 0 Å². The molecule has 2 heteroatoms. The summed E-state index contributed by atoms with van der Waals surface area (Å²) in [4.78, 5) is 2.60. The smallest absolute Gasteiger partial charge is 0.00925 e. The summed E-state index contributed by atoms with van der Waals surface area (Å²) in [6.45, 7) is 5.76. The summed E-state index contributed by atoms with van der Waals surface area (Å²) in [6.07, 6.45) is 33.5. The zero-order chi connectivity index (χ0) is 24.0. The van der Waals surface area contributed by atoms with Gasteiger partial charge in [0.05, 0.1) is 0 Å². The van der Waals surface area contributed by atoms with Crippen LogP contribution < -0.4 is 0 Å². The van der Waals surface area contributed by atoms with E-state index < -0.39 is 0 Å². The van der Waals surface area contributed by atoms with E-state index in [4.69, 9.17) is 0 Å². The van der Waals surface area contributed by atoms with E-state index in [1.54, 1.807) is 6.42 Å². The van der Waals surface area contributed by atoms with E-state index in [1.807, 2.05) is 0 Å². The number of unbranched alkanes of at least 4 members (excludes halogenated alkanes) is 15. The first-order valence-electron chi connectivity index (χ1n) is 15.5. The summed E-state index contributed by atoms with van der Waals surface area (Å²) in [5.74, 6) is 3.22. The minimum Gasteiger partial charge on any atom is -0.303 e. The molecule has 0 N–H and O–H groups in total. The average Bonchev–Trinajstić information content (AvgIpc) is 3.56. The van der Waals surface area contributed by atoms with Crippen molar-refractivity contribution in [3.05, 3.63) is 0 Å². The van der Waals surface area contributed by atoms with Crippen LogP contribution in [0.5, 0.6) is 0 Å². The Kier molecular flexibility index (Phi) is 21.6. The van der Waals surface area contributed by atoms with Crippen LogP contribution in [0.1, 0.15) is 162 Å². The summed E-state index contributed by atoms with van der Waals surface area (Å²) >= 11 is 4.48. The number of nitrogens with zero attached hydrogens (tertiary/aromatic N) is 1. The average molecular weight is 482 g/mol. The van der Waals surface area contributed by atoms with E-state index >= 15 is 0 Å². The van der Waals surface area contributed by atoms with Crippen molar-refractivity contribution in [2.45, 2.75) is 168 Å². The Hall–Kier alpha value is 0.310. The van der Waals surface area contributed by atoms with E-state index in [2.05, 4.69) is 38.4 Å². The molecule has 0 aromatic carbocycles. The second kappa shape index (κ2) is 22.8. The Labute approximate surface area is 216 Å². The first-order chi connectivity index (χ1) is 16.2. The van der Waals surface area contributed by atoms with Gasteiger partial charge in [0.15, 0.2) is 0 Å². The van der Waals surface area contributed by atoms with Gasteiger partial charge in [0.2, 0.25) is 0 Å². The van der Waals surface area contributed by atoms with Crippen LogP contribution in [0.2, 0.25) is 0 Å². The number of thiol groups is 1. The minimum absolute atomic E-state index is 0.794. The fourth-order valence-corrected chi connectivity index (χ4v) is 6.10. The Morgan fingerprint density at radius 2 is 1.00 bits per heavy atom. The third-order valence-electron chi connectivity index (χ3n) is 8.33. The lowest BCUT2D eigenvalue weighted by Crippen LogP contribution is -2.33. The van der Waals surface area contributed by atoms with Gasteiger partial charge >= 0.3 is 0 Å². The second-order valence-corrected chi connectivity index (χ2v) is 11.9. The first kappa shape index (κ1) is 31.3. The molecule has 0 aliphatic heterocycles. The molecule has 1 aliphatic carbocycles. The lowest BCUT2D eigenvalue weighted by Gasteiger charge is -2.28. The summed E-state index contributed by atoms with van der Waals surface area (Å²) in [7, 11) is 2.33. The standard InChI is InChI=1S/C31H63NS/c1-4-6-8-10-12-16-20-24-31(32(3)26-27-33)25-21-17-13-15-19-23-30-28-29(30)22-18-14-11-9-7-5-2/h29-31,33H,4-28H2,1-3H3. The Morgan fingerprint density at radius 3 is 1.42 bits per heavy atom. The van der Waals surface area contributed by atoms with Crippen molar-refractivity contribution in [1.29, 1.82) is 0 Å². The van der Waals surface area contributed by atoms with E-state index in [9.17, 15) is 0 Å². The number of hydrogen-bond donors (Lipinski definition) is 1. The van der Waals surface area contributed by atoms with Gasteiger partial charge in [-0.15, -0.1) is 0 Å². The highest BCUT2D eigenvalue weighted by Crippen LogP contribution is 2.45. The van der Waals surface area contributed by atoms with Gasteiger partial charge in [0, 0.05) is 18.3 Å². The minimum atomic E-state index is 0.794. The summed E-state index contributed by atoms with van der Waals surface area (Å²) in [6, 6.07) is 0.794. The van der Waals surface area contributed by atoms with E-state index in [0.717, 1.165) is 30.2 Å². The molecule has 3 atom stereocenters. The molecule has 1 rings (SSSR count). The third kappa shape index (κ3) is 18.3. The van der Waals surface area contributed by atoms with Crippen molar-refractivity contribution < 1.29 is 0 Å². The van der Waals surface area contributed by atoms with E-state index in [0.29, 0.717) is 0 Å². The maximum Gasteiger partial charge on any atom is 0.00925 e. The molecule has 3 unspecified atom stereocenters. The van der Waals surface area contributed by atoms with Crippen LogP contribution >= 0.6 is 12.6 Å². The SMILES string of the molecule is CCCCCCCCCC(CCCCCCCC1CC1CCCCCCCC)N(C)CCS. The number of hydrogen-bond acceptors (Lipinski definition) is 2. The highest BCUT2D eigenvalue weighted by atomic mass is 32.1. The van der Waals surface area contributed by atoms with Crippen LogP contribution in [0.15, 0.2) is 0 Å². The topological polar surface area (TPSA) is 3.24 Å². The molecule has 0 heterocycles. The van der Waals surface area contributed by atoms with Crippen molar-refractivity contribution in [2.75, 3.05) is 19.3 Å². The van der Waals surface area contributed by atoms with Gasteiger partial charge in [-0.05, 0) is 38.1 Å². The molecule has 0 aromatic rings. The summed E-state index contributed by atoms with van der Waals surface area (Å²) in [5, 5.41) is 0. The predicted octanol–water partition coefficient (Wildman–Crippen LogP) is 10.5. The van der Waals surface area contributed by atoms with Crippen molar-refractivity contribution in [1.82, 2.24) is 4.90 Å². The van der Waals surface area contributed by atoms with E-state index in [-0.39, 0.29) is 0 Å². The molecular formula is C31H63NS. The third-order valence-corrected chi connectivity index (χ3v) is 8.53. The quantitative estimate of drug-likeness (QED) is 0.0949. The Balaban J connectivity index is 1.97. The van der Waals surface area contributed by atoms with Gasteiger partial charge in [-0.1, -0.05) is 142 Å². The van der Waals surface area contributed by atoms with Crippen LogP contribution in [-0.2, 0) is 0 Å². The first-order valence-corrected chi connectivity index (χ1v) is 16.2. The van der Waals surface area contributed by atoms with Gasteiger partial charge in [-0.25, -0.2) is 0 Å². The molecule has 0 bridgehead atoms. The van der Waals surface area contributed by atoms with Gasteiger partial charge < -0.3 is 4.90 Å². The molecule has 0 spiro atoms. The zero-order valence-electron chi connectivity index (χ0n) is 23.3. The molecule has 33 heavy (non-hydrogen) atoms. The largest absolute Gasteiger partial charge is 0.303 e. The fraction of sp³-hybridized carbons (Fsp3) is 1.00. The maximum atomic E-state index is 4.48. The van der Waals surface area contributed by atoms with Crippen LogP contribution in [0.3, 0.4) is 0 Å². The van der Waals surface area contributed by atoms with Crippen LogP contribution in [-0.4, -0.2) is 30.3 Å². The Bertz CT molecular complexity index is 398. The lowest BCUT2D eigenvalue weighted by atomic mass is 9.98. The van der Waals surface area contributed by atoms with Gasteiger partial charge in [-0.2, -0.15) is 12.6 Å². The van der Waals surface area contributed by atoms with Crippen molar-refractivity contribution in [2.24, 2.45) is 11.8 Å². The van der Waals surface area contributed by atoms with Crippen LogP contribution in [0, 0.1) is 11.8 Å². The van der Waals surface area contributed by atoms with Crippen LogP contribution in [0.4, 0.5) is 0 Å². The monoisotopic (exact) mass is 481 g/mol. The Morgan fingerprint density at radius 1 is 0.606 bits per heavy atom. The fourth-order valence-electron chi connectivity index (χ4n) is 5.78. The zero-order valence-corrected chi connectivity index (χ0v) is 24.2. The molecule has 1 fully saturated rings. The molecule has 1 nitrogen and oxygen atoms in total. The second-order valence-electron chi connectivity index (χ2n) is 11.4. The van der Waals surface area contributed by atoms with Crippen molar-refractivity contribution >= 4 is 12.6 Å². The summed E-state index contributed by atoms with van der Waals surface area (Å²) < 4.78 is 0. The molecule has 1 aliphatic rings. The highest BCUT2D eigenvalue weighted by Gasteiger charge is 2.34. The van der Waals surface area contributed by atoms with Gasteiger partial charge in [0.1, 0.15) is 0 Å². The highest BCUT2D eigenvalue weighted by molar-refractivity contribution is 7.80. The molecule has 0 aromatic heterocycles. The normalized spacial score (nSPS) is 18.8. The molecule has 0 amide bonds. The molecular weight excluding hydrogens is 418 g/mol. The van der Waals surface area contributed by atoms with Gasteiger partial charge in [-0.3, -0.25) is 0 Å². The lowest BCUT2D eigenvalue weighted by molar-refractivity contribution is 0.221. The molecule has 1 saturated carbocycles. The number of rotatable bonds is 26. The maximum absolute atomic E-state index is 4.48. The van der Waals surface area contributed by atoms with E-state index in [1.165, 1.54) is 141 Å².